The minimum atomic E-state index is -0.532. The summed E-state index contributed by atoms with van der Waals surface area (Å²) in [6, 6.07) is 17.0. The molecule has 5 heteroatoms. The summed E-state index contributed by atoms with van der Waals surface area (Å²) >= 11 is 6.36. The van der Waals surface area contributed by atoms with Gasteiger partial charge < -0.3 is 4.74 Å². The molecule has 4 nitrogen and oxygen atoms in total. The van der Waals surface area contributed by atoms with Crippen molar-refractivity contribution in [1.82, 2.24) is 4.98 Å². The SMILES string of the molecule is CC(C)(C)OC(=O)Nc1ccc(-c2cc(Cl)c3ccccc3n2)cc1. The molecule has 3 rings (SSSR count). The Balaban J connectivity index is 1.82. The average molecular weight is 355 g/mol. The predicted molar refractivity (Wildman–Crippen MR) is 102 cm³/mol. The zero-order valence-electron chi connectivity index (χ0n) is 14.3. The van der Waals surface area contributed by atoms with Crippen molar-refractivity contribution in [2.75, 3.05) is 5.32 Å². The van der Waals surface area contributed by atoms with Crippen LogP contribution in [0.3, 0.4) is 0 Å². The maximum absolute atomic E-state index is 11.8. The molecular weight excluding hydrogens is 336 g/mol. The lowest BCUT2D eigenvalue weighted by Gasteiger charge is -2.19. The average Bonchev–Trinajstić information content (AvgIpc) is 2.53. The summed E-state index contributed by atoms with van der Waals surface area (Å²) in [7, 11) is 0. The van der Waals surface area contributed by atoms with Crippen molar-refractivity contribution in [2.45, 2.75) is 26.4 Å². The van der Waals surface area contributed by atoms with Gasteiger partial charge in [0.1, 0.15) is 5.60 Å². The molecule has 1 heterocycles. The zero-order chi connectivity index (χ0) is 18.0. The van der Waals surface area contributed by atoms with Gasteiger partial charge in [-0.25, -0.2) is 9.78 Å². The summed E-state index contributed by atoms with van der Waals surface area (Å²) in [4.78, 5) is 16.5. The number of hydrogen-bond acceptors (Lipinski definition) is 3. The first-order chi connectivity index (χ1) is 11.8. The summed E-state index contributed by atoms with van der Waals surface area (Å²) < 4.78 is 5.24. The Morgan fingerprint density at radius 3 is 2.44 bits per heavy atom. The molecule has 0 atom stereocenters. The van der Waals surface area contributed by atoms with Crippen LogP contribution in [0.1, 0.15) is 20.8 Å². The molecule has 0 radical (unpaired) electrons. The molecule has 2 aromatic carbocycles. The highest BCUT2D eigenvalue weighted by atomic mass is 35.5. The maximum Gasteiger partial charge on any atom is 0.412 e. The van der Waals surface area contributed by atoms with E-state index in [1.165, 1.54) is 0 Å². The maximum atomic E-state index is 11.8. The highest BCUT2D eigenvalue weighted by Gasteiger charge is 2.16. The van der Waals surface area contributed by atoms with Crippen LogP contribution in [0.4, 0.5) is 10.5 Å². The molecule has 25 heavy (non-hydrogen) atoms. The van der Waals surface area contributed by atoms with E-state index in [1.54, 1.807) is 0 Å². The number of amides is 1. The fourth-order valence-electron chi connectivity index (χ4n) is 2.43. The number of benzene rings is 2. The van der Waals surface area contributed by atoms with Gasteiger partial charge in [0, 0.05) is 16.6 Å². The molecule has 1 amide bonds. The van der Waals surface area contributed by atoms with Gasteiger partial charge in [-0.05, 0) is 45.0 Å². The Kier molecular flexibility index (Phi) is 4.64. The minimum absolute atomic E-state index is 0.480. The predicted octanol–water partition coefficient (Wildman–Crippen LogP) is 5.90. The third-order valence-electron chi connectivity index (χ3n) is 3.49. The zero-order valence-corrected chi connectivity index (χ0v) is 15.1. The van der Waals surface area contributed by atoms with E-state index in [2.05, 4.69) is 10.3 Å². The number of fused-ring (bicyclic) bond motifs is 1. The number of ether oxygens (including phenoxy) is 1. The molecule has 0 aliphatic rings. The number of aromatic nitrogens is 1. The molecule has 0 fully saturated rings. The molecule has 1 N–H and O–H groups in total. The van der Waals surface area contributed by atoms with Gasteiger partial charge >= 0.3 is 6.09 Å². The number of halogens is 1. The minimum Gasteiger partial charge on any atom is -0.444 e. The number of nitrogens with zero attached hydrogens (tertiary/aromatic N) is 1. The van der Waals surface area contributed by atoms with Crippen molar-refractivity contribution < 1.29 is 9.53 Å². The molecule has 0 saturated carbocycles. The molecule has 0 saturated heterocycles. The van der Waals surface area contributed by atoms with E-state index in [0.717, 1.165) is 22.2 Å². The summed E-state index contributed by atoms with van der Waals surface area (Å²) in [6.07, 6.45) is -0.480. The van der Waals surface area contributed by atoms with Gasteiger partial charge in [-0.2, -0.15) is 0 Å². The molecule has 128 valence electrons. The Labute approximate surface area is 151 Å². The molecule has 1 aromatic heterocycles. The fraction of sp³-hybridized carbons (Fsp3) is 0.200. The van der Waals surface area contributed by atoms with E-state index >= 15 is 0 Å². The van der Waals surface area contributed by atoms with E-state index in [1.807, 2.05) is 75.4 Å². The van der Waals surface area contributed by atoms with Crippen molar-refractivity contribution in [3.05, 3.63) is 59.6 Å². The number of hydrogen-bond donors (Lipinski definition) is 1. The molecule has 0 spiro atoms. The fourth-order valence-corrected chi connectivity index (χ4v) is 2.69. The van der Waals surface area contributed by atoms with E-state index in [0.29, 0.717) is 10.7 Å². The first-order valence-corrected chi connectivity index (χ1v) is 8.35. The number of nitrogens with one attached hydrogen (secondary N) is 1. The van der Waals surface area contributed by atoms with Gasteiger partial charge in [0.25, 0.3) is 0 Å². The Hall–Kier alpha value is -2.59. The standard InChI is InChI=1S/C20H19ClN2O2/c1-20(2,3)25-19(24)22-14-10-8-13(9-11-14)18-12-16(21)15-6-4-5-7-17(15)23-18/h4-12H,1-3H3,(H,22,24). The van der Waals surface area contributed by atoms with E-state index in [4.69, 9.17) is 16.3 Å². The van der Waals surface area contributed by atoms with E-state index in [9.17, 15) is 4.79 Å². The molecule has 3 aromatic rings. The number of rotatable bonds is 2. The summed E-state index contributed by atoms with van der Waals surface area (Å²) in [5, 5.41) is 4.30. The van der Waals surface area contributed by atoms with Gasteiger partial charge in [0.05, 0.1) is 16.2 Å². The molecule has 0 unspecified atom stereocenters. The van der Waals surface area contributed by atoms with Gasteiger partial charge in [-0.3, -0.25) is 5.32 Å². The second-order valence-electron chi connectivity index (χ2n) is 6.71. The van der Waals surface area contributed by atoms with Crippen LogP contribution in [-0.4, -0.2) is 16.7 Å². The summed E-state index contributed by atoms with van der Waals surface area (Å²) in [6.45, 7) is 5.47. The summed E-state index contributed by atoms with van der Waals surface area (Å²) in [5.41, 5.74) is 2.68. The quantitative estimate of drug-likeness (QED) is 0.623. The van der Waals surface area contributed by atoms with E-state index < -0.39 is 11.7 Å². The highest BCUT2D eigenvalue weighted by molar-refractivity contribution is 6.35. The molecule has 0 aliphatic carbocycles. The van der Waals surface area contributed by atoms with Crippen molar-refractivity contribution in [3.63, 3.8) is 0 Å². The lowest BCUT2D eigenvalue weighted by Crippen LogP contribution is -2.27. The lowest BCUT2D eigenvalue weighted by molar-refractivity contribution is 0.0636. The highest BCUT2D eigenvalue weighted by Crippen LogP contribution is 2.28. The number of carbonyl (C=O) groups is 1. The Morgan fingerprint density at radius 2 is 1.76 bits per heavy atom. The van der Waals surface area contributed by atoms with Crippen LogP contribution in [0.25, 0.3) is 22.2 Å². The largest absolute Gasteiger partial charge is 0.444 e. The van der Waals surface area contributed by atoms with Crippen LogP contribution in [0, 0.1) is 0 Å². The van der Waals surface area contributed by atoms with Gasteiger partial charge in [-0.1, -0.05) is 41.9 Å². The van der Waals surface area contributed by atoms with Crippen LogP contribution >= 0.6 is 11.6 Å². The molecule has 0 bridgehead atoms. The van der Waals surface area contributed by atoms with Crippen molar-refractivity contribution in [1.29, 1.82) is 0 Å². The molecular formula is C20H19ClN2O2. The third-order valence-corrected chi connectivity index (χ3v) is 3.80. The van der Waals surface area contributed by atoms with Gasteiger partial charge in [0.2, 0.25) is 0 Å². The van der Waals surface area contributed by atoms with Crippen molar-refractivity contribution in [2.24, 2.45) is 0 Å². The first-order valence-electron chi connectivity index (χ1n) is 7.97. The lowest BCUT2D eigenvalue weighted by atomic mass is 10.1. The second kappa shape index (κ2) is 6.73. The van der Waals surface area contributed by atoms with Crippen molar-refractivity contribution >= 4 is 34.3 Å². The first kappa shape index (κ1) is 17.2. The van der Waals surface area contributed by atoms with Crippen LogP contribution < -0.4 is 5.32 Å². The topological polar surface area (TPSA) is 51.2 Å². The van der Waals surface area contributed by atoms with Crippen LogP contribution in [-0.2, 0) is 4.74 Å². The summed E-state index contributed by atoms with van der Waals surface area (Å²) in [5.74, 6) is 0. The Bertz CT molecular complexity index is 915. The third kappa shape index (κ3) is 4.28. The number of carbonyl (C=O) groups excluding carboxylic acids is 1. The van der Waals surface area contributed by atoms with E-state index in [-0.39, 0.29) is 0 Å². The number of para-hydroxylation sites is 1. The van der Waals surface area contributed by atoms with Crippen LogP contribution in [0.5, 0.6) is 0 Å². The van der Waals surface area contributed by atoms with Crippen molar-refractivity contribution in [3.8, 4) is 11.3 Å². The normalized spacial score (nSPS) is 11.4. The van der Waals surface area contributed by atoms with Gasteiger partial charge in [-0.15, -0.1) is 0 Å². The van der Waals surface area contributed by atoms with Crippen LogP contribution in [0.15, 0.2) is 54.6 Å². The number of pyridine rings is 1. The van der Waals surface area contributed by atoms with Crippen LogP contribution in [0.2, 0.25) is 5.02 Å². The van der Waals surface area contributed by atoms with Gasteiger partial charge in [0.15, 0.2) is 0 Å². The number of anilines is 1. The smallest absolute Gasteiger partial charge is 0.412 e. The monoisotopic (exact) mass is 354 g/mol. The molecule has 0 aliphatic heterocycles. The second-order valence-corrected chi connectivity index (χ2v) is 7.12. The Morgan fingerprint density at radius 1 is 1.08 bits per heavy atom.